The Morgan fingerprint density at radius 1 is 1.09 bits per heavy atom. The number of aliphatic hydroxyl groups excluding tert-OH is 4. The van der Waals surface area contributed by atoms with Crippen molar-refractivity contribution in [2.75, 3.05) is 45.0 Å². The van der Waals surface area contributed by atoms with E-state index in [4.69, 9.17) is 15.2 Å². The van der Waals surface area contributed by atoms with E-state index in [1.54, 1.807) is 25.1 Å². The molecule has 2 fully saturated rings. The number of benzene rings is 1. The van der Waals surface area contributed by atoms with Gasteiger partial charge in [0.1, 0.15) is 23.2 Å². The highest BCUT2D eigenvalue weighted by Crippen LogP contribution is 2.55. The zero-order valence-electron chi connectivity index (χ0n) is 30.5. The van der Waals surface area contributed by atoms with Gasteiger partial charge >= 0.3 is 5.97 Å². The van der Waals surface area contributed by atoms with Gasteiger partial charge in [0, 0.05) is 43.2 Å². The molecule has 1 saturated heterocycles. The van der Waals surface area contributed by atoms with Crippen molar-refractivity contribution in [3.8, 4) is 5.75 Å². The molecule has 1 aliphatic heterocycles. The van der Waals surface area contributed by atoms with Crippen LogP contribution in [0.3, 0.4) is 0 Å². The van der Waals surface area contributed by atoms with Gasteiger partial charge in [-0.2, -0.15) is 0 Å². The third-order valence-electron chi connectivity index (χ3n) is 10.1. The minimum Gasteiger partial charge on any atom is -0.508 e. The Morgan fingerprint density at radius 3 is 2.28 bits per heavy atom. The Hall–Kier alpha value is -4.59. The van der Waals surface area contributed by atoms with Crippen molar-refractivity contribution in [1.82, 2.24) is 10.2 Å². The molecule has 18 heteroatoms. The van der Waals surface area contributed by atoms with E-state index in [0.717, 1.165) is 0 Å². The molecule has 1 saturated carbocycles. The Balaban J connectivity index is 1.74. The second-order valence-electron chi connectivity index (χ2n) is 15.4. The first-order chi connectivity index (χ1) is 24.5. The largest absolute Gasteiger partial charge is 0.508 e. The Morgan fingerprint density at radius 2 is 1.74 bits per heavy atom. The Labute approximate surface area is 304 Å². The van der Waals surface area contributed by atoms with Crippen LogP contribution < -0.4 is 26.0 Å². The molecule has 4 aliphatic rings. The fourth-order valence-electron chi connectivity index (χ4n) is 7.68. The number of hydrogen-bond acceptors (Lipinski definition) is 15. The fourth-order valence-corrected chi connectivity index (χ4v) is 7.68. The van der Waals surface area contributed by atoms with Gasteiger partial charge in [0.2, 0.25) is 18.0 Å². The molecule has 0 spiro atoms. The van der Waals surface area contributed by atoms with Gasteiger partial charge in [-0.15, -0.1) is 0 Å². The van der Waals surface area contributed by atoms with Crippen LogP contribution in [0, 0.1) is 11.8 Å². The quantitative estimate of drug-likeness (QED) is 0.136. The van der Waals surface area contributed by atoms with Crippen molar-refractivity contribution in [1.29, 1.82) is 0 Å². The van der Waals surface area contributed by atoms with E-state index in [-0.39, 0.29) is 42.0 Å². The summed E-state index contributed by atoms with van der Waals surface area (Å²) in [6, 6.07) is 0.289. The monoisotopic (exact) mass is 745 g/mol. The van der Waals surface area contributed by atoms with E-state index >= 15 is 0 Å². The molecule has 0 radical (unpaired) electrons. The number of carbonyl (C=O) groups excluding carboxylic acids is 4. The van der Waals surface area contributed by atoms with Crippen LogP contribution in [0.4, 0.5) is 11.4 Å². The van der Waals surface area contributed by atoms with Crippen LogP contribution in [0.5, 0.6) is 5.75 Å². The maximum atomic E-state index is 14.5. The molecule has 3 aliphatic carbocycles. The summed E-state index contributed by atoms with van der Waals surface area (Å²) in [5.74, 6) is -9.95. The van der Waals surface area contributed by atoms with Crippen LogP contribution in [0.15, 0.2) is 23.0 Å². The number of ketones is 2. The number of carboxylic acid groups (broad SMARTS) is 1. The molecule has 1 aromatic rings. The van der Waals surface area contributed by atoms with Gasteiger partial charge < -0.3 is 61.4 Å². The lowest BCUT2D eigenvalue weighted by atomic mass is 9.57. The van der Waals surface area contributed by atoms with E-state index in [9.17, 15) is 54.6 Å². The summed E-state index contributed by atoms with van der Waals surface area (Å²) in [6.45, 7) is 5.36. The highest BCUT2D eigenvalue weighted by Gasteiger charge is 2.64. The van der Waals surface area contributed by atoms with Crippen LogP contribution in [-0.2, 0) is 35.1 Å². The summed E-state index contributed by atoms with van der Waals surface area (Å²) in [5.41, 5.74) is 1.46. The number of nitrogens with one attached hydrogen (secondary N) is 2. The number of carbonyl (C=O) groups is 5. The number of nitrogens with zero attached hydrogens (tertiary/aromatic N) is 2. The predicted molar refractivity (Wildman–Crippen MR) is 187 cm³/mol. The SMILES string of the molecule is CN(C)c1cc(NC(=O)CNC(C)(C)C)c(O[C@H]2C[C@@H](O)[C@H](O)[C@@H](C(=O)O)O2)c2c1C[C@H]1C[C@H]3[C@@H](N(C)C)C(=O)C(C(N)=O)=C(O)[C@@]3(O)C(=O)C1=C2O. The number of amides is 2. The van der Waals surface area contributed by atoms with Gasteiger partial charge in [0.05, 0.1) is 29.9 Å². The number of nitrogens with two attached hydrogens (primary N) is 1. The summed E-state index contributed by atoms with van der Waals surface area (Å²) in [6.07, 6.45) is -7.45. The number of likely N-dealkylation sites (N-methyl/N-ethyl adjacent to an activating group) is 1. The first kappa shape index (κ1) is 39.6. The molecular formula is C35H47N5O13. The number of ether oxygens (including phenoxy) is 2. The molecular weight excluding hydrogens is 698 g/mol. The molecule has 1 aromatic carbocycles. The average Bonchev–Trinajstić information content (AvgIpc) is 3.03. The Kier molecular flexibility index (Phi) is 10.5. The summed E-state index contributed by atoms with van der Waals surface area (Å²) in [7, 11) is 6.40. The van der Waals surface area contributed by atoms with Crippen molar-refractivity contribution in [2.45, 2.75) is 81.8 Å². The lowest BCUT2D eigenvalue weighted by Crippen LogP contribution is -2.65. The number of hydrogen-bond donors (Lipinski definition) is 9. The van der Waals surface area contributed by atoms with Crippen LogP contribution in [0.25, 0.3) is 5.76 Å². The molecule has 0 bridgehead atoms. The van der Waals surface area contributed by atoms with Crippen molar-refractivity contribution in [3.05, 3.63) is 34.1 Å². The van der Waals surface area contributed by atoms with Crippen LogP contribution >= 0.6 is 0 Å². The van der Waals surface area contributed by atoms with Crippen molar-refractivity contribution in [2.24, 2.45) is 17.6 Å². The van der Waals surface area contributed by atoms with Crippen LogP contribution in [-0.4, -0.2) is 141 Å². The number of aliphatic carboxylic acids is 1. The molecule has 53 heavy (non-hydrogen) atoms. The van der Waals surface area contributed by atoms with E-state index < -0.39 is 106 Å². The number of Topliss-reactive ketones (excluding diaryl/α,β-unsaturated/α-hetero) is 2. The lowest BCUT2D eigenvalue weighted by Gasteiger charge is -2.50. The number of fused-ring (bicyclic) bond motifs is 3. The van der Waals surface area contributed by atoms with Crippen LogP contribution in [0.2, 0.25) is 0 Å². The Bertz CT molecular complexity index is 1820. The van der Waals surface area contributed by atoms with Gasteiger partial charge in [0.25, 0.3) is 5.91 Å². The van der Waals surface area contributed by atoms with E-state index in [2.05, 4.69) is 10.6 Å². The molecule has 1 heterocycles. The summed E-state index contributed by atoms with van der Waals surface area (Å²) >= 11 is 0. The number of carboxylic acids is 1. The highest BCUT2D eigenvalue weighted by atomic mass is 16.7. The van der Waals surface area contributed by atoms with E-state index in [1.807, 2.05) is 20.8 Å². The number of aliphatic hydroxyl groups is 5. The maximum absolute atomic E-state index is 14.5. The van der Waals surface area contributed by atoms with Gasteiger partial charge in [-0.25, -0.2) is 4.79 Å². The molecule has 290 valence electrons. The molecule has 0 aromatic heterocycles. The van der Waals surface area contributed by atoms with Gasteiger partial charge in [0.15, 0.2) is 23.2 Å². The summed E-state index contributed by atoms with van der Waals surface area (Å²) < 4.78 is 11.7. The molecule has 18 nitrogen and oxygen atoms in total. The minimum absolute atomic E-state index is 0.00281. The number of anilines is 2. The first-order valence-electron chi connectivity index (χ1n) is 17.0. The van der Waals surface area contributed by atoms with E-state index in [0.29, 0.717) is 11.3 Å². The predicted octanol–water partition coefficient (Wildman–Crippen LogP) is -1.05. The van der Waals surface area contributed by atoms with E-state index in [1.165, 1.54) is 19.0 Å². The smallest absolute Gasteiger partial charge is 0.335 e. The number of primary amides is 1. The van der Waals surface area contributed by atoms with Gasteiger partial charge in [-0.05, 0) is 65.3 Å². The molecule has 0 unspecified atom stereocenters. The van der Waals surface area contributed by atoms with Crippen LogP contribution in [0.1, 0.15) is 44.7 Å². The minimum atomic E-state index is -2.86. The number of rotatable bonds is 9. The third kappa shape index (κ3) is 6.86. The van der Waals surface area contributed by atoms with Crippen molar-refractivity contribution < 1.29 is 64.1 Å². The normalized spacial score (nSPS) is 30.1. The molecule has 2 amide bonds. The zero-order valence-corrected chi connectivity index (χ0v) is 30.5. The highest BCUT2D eigenvalue weighted by molar-refractivity contribution is 6.24. The maximum Gasteiger partial charge on any atom is 0.335 e. The third-order valence-corrected chi connectivity index (χ3v) is 10.1. The second kappa shape index (κ2) is 14.0. The molecule has 8 atom stereocenters. The van der Waals surface area contributed by atoms with Gasteiger partial charge in [-0.3, -0.25) is 24.1 Å². The lowest BCUT2D eigenvalue weighted by molar-refractivity contribution is -0.228. The topological polar surface area (TPSA) is 282 Å². The summed E-state index contributed by atoms with van der Waals surface area (Å²) in [5, 5.41) is 71.7. The average molecular weight is 746 g/mol. The van der Waals surface area contributed by atoms with Crippen molar-refractivity contribution >= 4 is 46.5 Å². The molecule has 5 rings (SSSR count). The van der Waals surface area contributed by atoms with Gasteiger partial charge in [-0.1, -0.05) is 0 Å². The standard InChI is InChI=1S/C35H47N5O13/c1-34(2,3)37-12-19(42)38-16-10-17(39(4)5)14-8-13-9-15-24(40(6)7)27(45)23(32(36)48)31(47)35(15,51)30(46)21(13)26(44)22(14)28(16)52-20-11-18(41)25(43)29(53-20)33(49)50/h10,13,15,18,20,24-25,29,37,41,43-44,47,51H,8-9,11-12H2,1-7H3,(H2,36,48)(H,38,42)(H,49,50)/t13-,15-,18+,20+,24+,25-,29-,35-/m0/s1. The zero-order chi connectivity index (χ0) is 39.6. The molecule has 10 N–H and O–H groups in total. The first-order valence-corrected chi connectivity index (χ1v) is 17.0. The van der Waals surface area contributed by atoms with Crippen molar-refractivity contribution in [3.63, 3.8) is 0 Å². The second-order valence-corrected chi connectivity index (χ2v) is 15.4. The fraction of sp³-hybridized carbons (Fsp3) is 0.571. The summed E-state index contributed by atoms with van der Waals surface area (Å²) in [4.78, 5) is 68.7.